The first-order chi connectivity index (χ1) is 8.99. The molecule has 2 aromatic rings. The highest BCUT2D eigenvalue weighted by Gasteiger charge is 2.12. The molecule has 0 saturated heterocycles. The lowest BCUT2D eigenvalue weighted by molar-refractivity contribution is 0.682. The van der Waals surface area contributed by atoms with E-state index >= 15 is 0 Å². The van der Waals surface area contributed by atoms with Gasteiger partial charge in [0.25, 0.3) is 0 Å². The second-order valence-corrected chi connectivity index (χ2v) is 6.32. The predicted molar refractivity (Wildman–Crippen MR) is 81.6 cm³/mol. The summed E-state index contributed by atoms with van der Waals surface area (Å²) in [5, 5.41) is 0. The Balaban J connectivity index is 2.34. The van der Waals surface area contributed by atoms with Gasteiger partial charge in [0.2, 0.25) is 0 Å². The van der Waals surface area contributed by atoms with E-state index in [2.05, 4.69) is 26.0 Å². The summed E-state index contributed by atoms with van der Waals surface area (Å²) >= 11 is 0. The summed E-state index contributed by atoms with van der Waals surface area (Å²) in [4.78, 5) is 0.739. The molecule has 0 saturated carbocycles. The zero-order valence-corrected chi connectivity index (χ0v) is 12.4. The number of hydrogen-bond acceptors (Lipinski definition) is 2. The third-order valence-corrected chi connectivity index (χ3v) is 4.73. The number of benzene rings is 2. The molecule has 0 radical (unpaired) electrons. The lowest BCUT2D eigenvalue weighted by Crippen LogP contribution is -2.04. The quantitative estimate of drug-likeness (QED) is 0.870. The van der Waals surface area contributed by atoms with Gasteiger partial charge in [-0.15, -0.1) is 0 Å². The Bertz CT molecular complexity index is 614. The molecule has 0 fully saturated rings. The molecule has 3 heteroatoms. The van der Waals surface area contributed by atoms with Gasteiger partial charge in [-0.3, -0.25) is 4.21 Å². The molecular weight excluding hydrogens is 254 g/mol. The number of nitrogen functional groups attached to an aromatic ring is 1. The maximum absolute atomic E-state index is 12.5. The number of anilines is 1. The highest BCUT2D eigenvalue weighted by atomic mass is 32.2. The maximum Gasteiger partial charge on any atom is 0.0623 e. The zero-order chi connectivity index (χ0) is 14.0. The number of nitrogens with two attached hydrogens (primary N) is 1. The Morgan fingerprint density at radius 3 is 2.32 bits per heavy atom. The normalized spacial score (nSPS) is 12.4. The van der Waals surface area contributed by atoms with Crippen LogP contribution in [0.4, 0.5) is 5.69 Å². The Morgan fingerprint density at radius 2 is 1.68 bits per heavy atom. The third-order valence-electron chi connectivity index (χ3n) is 3.33. The molecule has 1 atom stereocenters. The Labute approximate surface area is 117 Å². The third kappa shape index (κ3) is 3.04. The van der Waals surface area contributed by atoms with Crippen molar-refractivity contribution in [3.63, 3.8) is 0 Å². The largest absolute Gasteiger partial charge is 0.398 e. The van der Waals surface area contributed by atoms with Crippen LogP contribution in [0.1, 0.15) is 22.3 Å². The van der Waals surface area contributed by atoms with E-state index in [1.54, 1.807) is 0 Å². The molecule has 0 bridgehead atoms. The summed E-state index contributed by atoms with van der Waals surface area (Å²) in [5.74, 6) is 0.520. The predicted octanol–water partition coefficient (Wildman–Crippen LogP) is 3.50. The molecule has 0 aliphatic carbocycles. The zero-order valence-electron chi connectivity index (χ0n) is 11.6. The number of rotatable bonds is 3. The highest BCUT2D eigenvalue weighted by Crippen LogP contribution is 2.23. The molecule has 0 amide bonds. The van der Waals surface area contributed by atoms with E-state index in [4.69, 9.17) is 5.73 Å². The number of hydrogen-bond donors (Lipinski definition) is 1. The smallest absolute Gasteiger partial charge is 0.0623 e. The maximum atomic E-state index is 12.5. The minimum Gasteiger partial charge on any atom is -0.398 e. The summed E-state index contributed by atoms with van der Waals surface area (Å²) in [7, 11) is -1.10. The fraction of sp³-hybridized carbons (Fsp3) is 0.250. The van der Waals surface area contributed by atoms with Crippen LogP contribution in [0.15, 0.2) is 41.3 Å². The van der Waals surface area contributed by atoms with Gasteiger partial charge >= 0.3 is 0 Å². The van der Waals surface area contributed by atoms with Gasteiger partial charge in [0.1, 0.15) is 0 Å². The molecule has 100 valence electrons. The van der Waals surface area contributed by atoms with E-state index < -0.39 is 10.8 Å². The SMILES string of the molecule is Cc1ccc(N)c(S(=O)Cc2c(C)cccc2C)c1. The average Bonchev–Trinajstić information content (AvgIpc) is 2.37. The van der Waals surface area contributed by atoms with Crippen molar-refractivity contribution in [2.75, 3.05) is 5.73 Å². The van der Waals surface area contributed by atoms with E-state index in [9.17, 15) is 4.21 Å². The lowest BCUT2D eigenvalue weighted by atomic mass is 10.1. The van der Waals surface area contributed by atoms with Gasteiger partial charge in [-0.05, 0) is 55.2 Å². The van der Waals surface area contributed by atoms with E-state index in [0.29, 0.717) is 11.4 Å². The van der Waals surface area contributed by atoms with Crippen LogP contribution >= 0.6 is 0 Å². The minimum absolute atomic E-state index is 0.520. The van der Waals surface area contributed by atoms with Crippen molar-refractivity contribution in [2.45, 2.75) is 31.4 Å². The molecular formula is C16H19NOS. The van der Waals surface area contributed by atoms with Crippen LogP contribution in [-0.4, -0.2) is 4.21 Å². The van der Waals surface area contributed by atoms with Crippen molar-refractivity contribution in [3.05, 3.63) is 58.7 Å². The molecule has 0 spiro atoms. The van der Waals surface area contributed by atoms with Gasteiger partial charge in [-0.2, -0.15) is 0 Å². The molecule has 0 heterocycles. The topological polar surface area (TPSA) is 43.1 Å². The molecule has 0 aliphatic rings. The summed E-state index contributed by atoms with van der Waals surface area (Å²) in [5.41, 5.74) is 11.1. The van der Waals surface area contributed by atoms with Crippen LogP contribution in [0.5, 0.6) is 0 Å². The van der Waals surface area contributed by atoms with Crippen molar-refractivity contribution in [1.82, 2.24) is 0 Å². The van der Waals surface area contributed by atoms with Crippen molar-refractivity contribution < 1.29 is 4.21 Å². The van der Waals surface area contributed by atoms with Gasteiger partial charge in [-0.25, -0.2) is 0 Å². The lowest BCUT2D eigenvalue weighted by Gasteiger charge is -2.11. The fourth-order valence-electron chi connectivity index (χ4n) is 2.12. The molecule has 2 aromatic carbocycles. The molecule has 2 rings (SSSR count). The van der Waals surface area contributed by atoms with Gasteiger partial charge in [0.15, 0.2) is 0 Å². The molecule has 19 heavy (non-hydrogen) atoms. The van der Waals surface area contributed by atoms with Crippen LogP contribution in [0, 0.1) is 20.8 Å². The van der Waals surface area contributed by atoms with Crippen molar-refractivity contribution in [2.24, 2.45) is 0 Å². The van der Waals surface area contributed by atoms with E-state index in [1.807, 2.05) is 31.2 Å². The molecule has 1 unspecified atom stereocenters. The van der Waals surface area contributed by atoms with Crippen LogP contribution in [0.2, 0.25) is 0 Å². The monoisotopic (exact) mass is 273 g/mol. The average molecular weight is 273 g/mol. The fourth-order valence-corrected chi connectivity index (χ4v) is 3.65. The standard InChI is InChI=1S/C16H19NOS/c1-11-7-8-15(17)16(9-11)19(18)10-14-12(2)5-4-6-13(14)3/h4-9H,10,17H2,1-3H3. The molecule has 0 aromatic heterocycles. The first-order valence-corrected chi connectivity index (χ1v) is 7.60. The summed E-state index contributed by atoms with van der Waals surface area (Å²) < 4.78 is 12.5. The molecule has 0 aliphatic heterocycles. The summed E-state index contributed by atoms with van der Waals surface area (Å²) in [6.45, 7) is 6.09. The van der Waals surface area contributed by atoms with Crippen LogP contribution in [0.3, 0.4) is 0 Å². The Kier molecular flexibility index (Phi) is 4.05. The van der Waals surface area contributed by atoms with Gasteiger partial charge < -0.3 is 5.73 Å². The summed E-state index contributed by atoms with van der Waals surface area (Å²) in [6, 6.07) is 11.8. The van der Waals surface area contributed by atoms with Crippen LogP contribution in [0.25, 0.3) is 0 Å². The van der Waals surface area contributed by atoms with Gasteiger partial charge in [-0.1, -0.05) is 24.3 Å². The summed E-state index contributed by atoms with van der Waals surface area (Å²) in [6.07, 6.45) is 0. The van der Waals surface area contributed by atoms with Gasteiger partial charge in [0, 0.05) is 5.69 Å². The van der Waals surface area contributed by atoms with E-state index in [0.717, 1.165) is 16.0 Å². The van der Waals surface area contributed by atoms with Crippen molar-refractivity contribution in [3.8, 4) is 0 Å². The second-order valence-electron chi connectivity index (χ2n) is 4.90. The molecule has 2 nitrogen and oxygen atoms in total. The first-order valence-electron chi connectivity index (χ1n) is 6.28. The highest BCUT2D eigenvalue weighted by molar-refractivity contribution is 7.84. The van der Waals surface area contributed by atoms with Gasteiger partial charge in [0.05, 0.1) is 21.4 Å². The second kappa shape index (κ2) is 5.57. The first kappa shape index (κ1) is 13.8. The molecule has 2 N–H and O–H groups in total. The van der Waals surface area contributed by atoms with Crippen LogP contribution < -0.4 is 5.73 Å². The number of aryl methyl sites for hydroxylation is 3. The van der Waals surface area contributed by atoms with E-state index in [-0.39, 0.29) is 0 Å². The minimum atomic E-state index is -1.10. The van der Waals surface area contributed by atoms with Crippen LogP contribution in [-0.2, 0) is 16.6 Å². The van der Waals surface area contributed by atoms with E-state index in [1.165, 1.54) is 11.1 Å². The Hall–Kier alpha value is -1.61. The van der Waals surface area contributed by atoms with Crippen molar-refractivity contribution >= 4 is 16.5 Å². The Morgan fingerprint density at radius 1 is 1.05 bits per heavy atom. The van der Waals surface area contributed by atoms with Crippen molar-refractivity contribution in [1.29, 1.82) is 0 Å².